The Morgan fingerprint density at radius 3 is 2.27 bits per heavy atom. The zero-order valence-electron chi connectivity index (χ0n) is 29.1. The van der Waals surface area contributed by atoms with E-state index in [1.54, 1.807) is 37.4 Å². The van der Waals surface area contributed by atoms with E-state index in [2.05, 4.69) is 10.2 Å². The van der Waals surface area contributed by atoms with Crippen LogP contribution in [0.5, 0.6) is 17.2 Å². The van der Waals surface area contributed by atoms with Gasteiger partial charge in [0.05, 0.1) is 27.3 Å². The Bertz CT molecular complexity index is 1910. The van der Waals surface area contributed by atoms with Gasteiger partial charge in [-0.1, -0.05) is 65.7 Å². The number of para-hydroxylation sites is 1. The number of benzene rings is 3. The summed E-state index contributed by atoms with van der Waals surface area (Å²) in [4.78, 5) is 29.3. The number of carbonyl (C=O) groups excluding carboxylic acids is 2. The van der Waals surface area contributed by atoms with Crippen molar-refractivity contribution in [1.29, 1.82) is 0 Å². The number of piperidine rings is 3. The maximum absolute atomic E-state index is 14.1. The van der Waals surface area contributed by atoms with Crippen molar-refractivity contribution >= 4 is 35.1 Å². The van der Waals surface area contributed by atoms with Crippen molar-refractivity contribution < 1.29 is 43.6 Å². The number of aromatic nitrogens is 1. The molecule has 274 valence electrons. The first-order chi connectivity index (χ1) is 25.1. The van der Waals surface area contributed by atoms with Crippen LogP contribution in [0, 0.1) is 5.92 Å². The number of fused-ring (bicyclic) bond motifs is 3. The SMILES string of the molecule is COc1ccc([C@H](Cc2c(Cl)c[n+](O)cc2Cl)c2c(CNC(C(=O)O[C@H]3CN4CCC3CC4)c3ccccc3OC)cccc2C(=O)[O-])cc1OC. The lowest BCUT2D eigenvalue weighted by Crippen LogP contribution is -2.52. The topological polar surface area (TPSA) is 134 Å². The minimum atomic E-state index is -1.39. The van der Waals surface area contributed by atoms with E-state index in [1.165, 1.54) is 32.7 Å². The van der Waals surface area contributed by atoms with Gasteiger partial charge < -0.3 is 28.8 Å². The summed E-state index contributed by atoms with van der Waals surface area (Å²) in [7, 11) is 4.58. The number of methoxy groups -OCH3 is 3. The molecule has 0 radical (unpaired) electrons. The normalized spacial score (nSPS) is 19.1. The zero-order valence-corrected chi connectivity index (χ0v) is 30.7. The van der Waals surface area contributed by atoms with Crippen molar-refractivity contribution in [2.75, 3.05) is 41.0 Å². The van der Waals surface area contributed by atoms with Crippen LogP contribution in [0.4, 0.5) is 0 Å². The van der Waals surface area contributed by atoms with Crippen LogP contribution in [0.2, 0.25) is 10.0 Å². The maximum atomic E-state index is 14.1. The number of rotatable bonds is 14. The molecule has 2 N–H and O–H groups in total. The van der Waals surface area contributed by atoms with Crippen LogP contribution in [0.15, 0.2) is 73.1 Å². The molecule has 0 aliphatic carbocycles. The number of nitrogens with one attached hydrogen (secondary N) is 1. The second-order valence-electron chi connectivity index (χ2n) is 13.0. The molecule has 3 saturated heterocycles. The van der Waals surface area contributed by atoms with Crippen molar-refractivity contribution in [3.8, 4) is 17.2 Å². The molecule has 0 amide bonds. The van der Waals surface area contributed by atoms with Crippen molar-refractivity contribution in [2.45, 2.75) is 43.9 Å². The fraction of sp³-hybridized carbons (Fsp3) is 0.359. The predicted octanol–water partition coefficient (Wildman–Crippen LogP) is 4.75. The molecule has 3 aliphatic heterocycles. The average Bonchev–Trinajstić information content (AvgIpc) is 3.15. The Balaban J connectivity index is 1.43. The van der Waals surface area contributed by atoms with Gasteiger partial charge in [-0.05, 0) is 73.2 Å². The number of carboxylic acids is 1. The van der Waals surface area contributed by atoms with Gasteiger partial charge >= 0.3 is 5.97 Å². The summed E-state index contributed by atoms with van der Waals surface area (Å²) in [6.07, 6.45) is 4.48. The Hall–Kier alpha value is -4.55. The lowest BCUT2D eigenvalue weighted by molar-refractivity contribution is -0.904. The largest absolute Gasteiger partial charge is 0.545 e. The fourth-order valence-electron chi connectivity index (χ4n) is 7.45. The highest BCUT2D eigenvalue weighted by Crippen LogP contribution is 2.40. The average molecular weight is 751 g/mol. The molecule has 4 heterocycles. The fourth-order valence-corrected chi connectivity index (χ4v) is 8.06. The van der Waals surface area contributed by atoms with Crippen molar-refractivity contribution in [1.82, 2.24) is 10.2 Å². The number of ether oxygens (including phenoxy) is 4. The van der Waals surface area contributed by atoms with E-state index >= 15 is 0 Å². The Morgan fingerprint density at radius 1 is 0.942 bits per heavy atom. The van der Waals surface area contributed by atoms with E-state index in [-0.39, 0.29) is 34.7 Å². The van der Waals surface area contributed by atoms with Gasteiger partial charge in [-0.25, -0.2) is 4.79 Å². The molecule has 0 spiro atoms. The van der Waals surface area contributed by atoms with Gasteiger partial charge in [-0.15, -0.1) is 0 Å². The second-order valence-corrected chi connectivity index (χ2v) is 13.8. The molecule has 0 saturated carbocycles. The lowest BCUT2D eigenvalue weighted by atomic mass is 9.80. The zero-order chi connectivity index (χ0) is 36.9. The minimum Gasteiger partial charge on any atom is -0.545 e. The summed E-state index contributed by atoms with van der Waals surface area (Å²) in [5, 5.41) is 26.7. The highest BCUT2D eigenvalue weighted by Gasteiger charge is 2.38. The molecule has 3 atom stereocenters. The number of hydrogen-bond donors (Lipinski definition) is 2. The third-order valence-electron chi connectivity index (χ3n) is 10.1. The van der Waals surface area contributed by atoms with Gasteiger partial charge in [0.15, 0.2) is 11.5 Å². The number of carbonyl (C=O) groups is 2. The van der Waals surface area contributed by atoms with Crippen molar-refractivity contribution in [3.63, 3.8) is 0 Å². The standard InChI is InChI=1S/C39H41Cl2N3O8/c1-49-32-10-5-4-8-26(32)37(39(47)52-35-22-43-15-13-23(35)14-16-43)42-19-25-7-6-9-27(38(45)46)36(25)28(18-29-30(40)20-44(48)21-31(29)41)24-11-12-33(50-2)34(17-24)51-3/h4-12,17,20-21,23,28,35,37,42H,13-16,18-19,22H2,1-3H3,(H-,45,46,48)/t28-,35-,37?/m0/s1. The van der Waals surface area contributed by atoms with E-state index in [9.17, 15) is 19.9 Å². The molecule has 3 fully saturated rings. The van der Waals surface area contributed by atoms with Gasteiger partial charge in [-0.3, -0.25) is 15.4 Å². The summed E-state index contributed by atoms with van der Waals surface area (Å²) >= 11 is 13.2. The molecule has 2 bridgehead atoms. The predicted molar refractivity (Wildman–Crippen MR) is 191 cm³/mol. The number of aromatic carboxylic acids is 1. The van der Waals surface area contributed by atoms with Crippen LogP contribution in [-0.4, -0.2) is 69.1 Å². The number of carboxylic acid groups (broad SMARTS) is 1. The van der Waals surface area contributed by atoms with Gasteiger partial charge in [0, 0.05) is 40.4 Å². The first kappa shape index (κ1) is 37.2. The summed E-state index contributed by atoms with van der Waals surface area (Å²) in [6, 6.07) is 16.5. The van der Waals surface area contributed by atoms with E-state index in [0.29, 0.717) is 57.5 Å². The molecule has 4 aromatic rings. The third kappa shape index (κ3) is 7.92. The molecular weight excluding hydrogens is 709 g/mol. The van der Waals surface area contributed by atoms with E-state index in [4.69, 9.17) is 42.1 Å². The van der Waals surface area contributed by atoms with E-state index in [1.807, 2.05) is 24.3 Å². The van der Waals surface area contributed by atoms with Crippen LogP contribution in [-0.2, 0) is 22.5 Å². The van der Waals surface area contributed by atoms with Crippen molar-refractivity contribution in [3.05, 3.63) is 116 Å². The van der Waals surface area contributed by atoms with Crippen LogP contribution in [0.1, 0.15) is 63.0 Å². The summed E-state index contributed by atoms with van der Waals surface area (Å²) < 4.78 is 23.8. The van der Waals surface area contributed by atoms with E-state index in [0.717, 1.165) is 30.7 Å². The summed E-state index contributed by atoms with van der Waals surface area (Å²) in [5.41, 5.74) is 2.68. The summed E-state index contributed by atoms with van der Waals surface area (Å²) in [5.74, 6) is -0.788. The molecule has 3 aliphatic rings. The van der Waals surface area contributed by atoms with Crippen LogP contribution >= 0.6 is 23.2 Å². The third-order valence-corrected chi connectivity index (χ3v) is 10.7. The maximum Gasteiger partial charge on any atom is 0.328 e. The first-order valence-electron chi connectivity index (χ1n) is 17.0. The number of esters is 1. The Labute approximate surface area is 312 Å². The summed E-state index contributed by atoms with van der Waals surface area (Å²) in [6.45, 7) is 2.77. The van der Waals surface area contributed by atoms with Crippen LogP contribution in [0.3, 0.4) is 0 Å². The van der Waals surface area contributed by atoms with Crippen LogP contribution in [0.25, 0.3) is 0 Å². The number of hydrogen-bond acceptors (Lipinski definition) is 10. The number of halogens is 2. The number of nitrogens with zero attached hydrogens (tertiary/aromatic N) is 2. The molecule has 1 aromatic heterocycles. The van der Waals surface area contributed by atoms with Gasteiger partial charge in [0.1, 0.15) is 27.9 Å². The smallest absolute Gasteiger partial charge is 0.328 e. The number of pyridine rings is 1. The van der Waals surface area contributed by atoms with Crippen LogP contribution < -0.4 is 29.4 Å². The molecule has 13 heteroatoms. The molecule has 3 aromatic carbocycles. The highest BCUT2D eigenvalue weighted by atomic mass is 35.5. The molecule has 11 nitrogen and oxygen atoms in total. The minimum absolute atomic E-state index is 0.0526. The second kappa shape index (κ2) is 16.4. The molecular formula is C39H41Cl2N3O8. The quantitative estimate of drug-likeness (QED) is 0.106. The van der Waals surface area contributed by atoms with Gasteiger partial charge in [-0.2, -0.15) is 0 Å². The monoisotopic (exact) mass is 749 g/mol. The van der Waals surface area contributed by atoms with Crippen molar-refractivity contribution in [2.24, 2.45) is 5.92 Å². The van der Waals surface area contributed by atoms with Gasteiger partial charge in [0.25, 0.3) is 0 Å². The molecule has 7 rings (SSSR count). The molecule has 1 unspecified atom stereocenters. The Kier molecular flexibility index (Phi) is 11.7. The first-order valence-corrected chi connectivity index (χ1v) is 17.8. The van der Waals surface area contributed by atoms with Gasteiger partial charge in [0.2, 0.25) is 12.4 Å². The Morgan fingerprint density at radius 2 is 1.63 bits per heavy atom. The molecule has 52 heavy (non-hydrogen) atoms. The van der Waals surface area contributed by atoms with E-state index < -0.39 is 23.9 Å². The highest BCUT2D eigenvalue weighted by molar-refractivity contribution is 6.35. The lowest BCUT2D eigenvalue weighted by Gasteiger charge is -2.44.